The third kappa shape index (κ3) is 6.90. The molecule has 0 saturated heterocycles. The number of quaternary nitrogens is 2. The van der Waals surface area contributed by atoms with E-state index < -0.39 is 0 Å². The average molecular weight is 407 g/mol. The van der Waals surface area contributed by atoms with Gasteiger partial charge in [-0.05, 0) is 23.8 Å². The smallest absolute Gasteiger partial charge is 0.161 e. The Morgan fingerprint density at radius 3 is 1.93 bits per heavy atom. The van der Waals surface area contributed by atoms with Crippen LogP contribution in [0.1, 0.15) is 16.7 Å². The van der Waals surface area contributed by atoms with Crippen molar-refractivity contribution in [1.82, 2.24) is 0 Å². The molecule has 0 amide bonds. The first kappa shape index (κ1) is 21.9. The molecule has 0 aliphatic heterocycles. The normalized spacial score (nSPS) is 12.0. The molecular weight excluding hydrogens is 372 g/mol. The molecule has 3 rings (SSSR count). The molecule has 3 aromatic carbocycles. The summed E-state index contributed by atoms with van der Waals surface area (Å²) in [4.78, 5) is 3.02. The number of hydrogen-bond acceptors (Lipinski definition) is 2. The van der Waals surface area contributed by atoms with Gasteiger partial charge in [-0.2, -0.15) is 0 Å². The summed E-state index contributed by atoms with van der Waals surface area (Å²) < 4.78 is 11.6. The monoisotopic (exact) mass is 406 g/mol. The largest absolute Gasteiger partial charge is 0.493 e. The summed E-state index contributed by atoms with van der Waals surface area (Å²) in [6.07, 6.45) is 0. The lowest BCUT2D eigenvalue weighted by Gasteiger charge is -2.21. The number of ether oxygens (including phenoxy) is 2. The molecule has 0 heterocycles. The lowest BCUT2D eigenvalue weighted by Crippen LogP contribution is -3.16. The van der Waals surface area contributed by atoms with Gasteiger partial charge in [0.2, 0.25) is 0 Å². The Morgan fingerprint density at radius 2 is 1.30 bits per heavy atom. The van der Waals surface area contributed by atoms with Gasteiger partial charge in [0.1, 0.15) is 32.8 Å². The standard InChI is InChI=1S/C26H32N2O2/c1-27(2)16-17-28(19-22-10-6-4-7-11-22)20-24-14-15-25(26(18-24)29-3)30-21-23-12-8-5-9-13-23/h4-15,18H,16-17,19-21H2,1-3H3/p+2. The highest BCUT2D eigenvalue weighted by Gasteiger charge is 2.15. The molecule has 0 aliphatic carbocycles. The number of methoxy groups -OCH3 is 1. The summed E-state index contributed by atoms with van der Waals surface area (Å²) in [5.41, 5.74) is 3.78. The van der Waals surface area contributed by atoms with Crippen molar-refractivity contribution >= 4 is 0 Å². The third-order valence-corrected chi connectivity index (χ3v) is 5.19. The fraction of sp³-hybridized carbons (Fsp3) is 0.308. The lowest BCUT2D eigenvalue weighted by molar-refractivity contribution is -0.960. The summed E-state index contributed by atoms with van der Waals surface area (Å²) in [6.45, 7) is 4.76. The second-order valence-corrected chi connectivity index (χ2v) is 8.06. The molecule has 1 atom stereocenters. The topological polar surface area (TPSA) is 27.3 Å². The van der Waals surface area contributed by atoms with Crippen LogP contribution in [0.4, 0.5) is 0 Å². The molecule has 3 aromatic rings. The maximum absolute atomic E-state index is 6.01. The van der Waals surface area contributed by atoms with Crippen molar-refractivity contribution in [3.63, 3.8) is 0 Å². The molecule has 0 bridgehead atoms. The summed E-state index contributed by atoms with van der Waals surface area (Å²) >= 11 is 0. The quantitative estimate of drug-likeness (QED) is 0.510. The van der Waals surface area contributed by atoms with Crippen molar-refractivity contribution in [1.29, 1.82) is 0 Å². The first-order valence-corrected chi connectivity index (χ1v) is 10.6. The van der Waals surface area contributed by atoms with Crippen LogP contribution in [0.15, 0.2) is 78.9 Å². The van der Waals surface area contributed by atoms with Crippen LogP contribution in [0.25, 0.3) is 0 Å². The van der Waals surface area contributed by atoms with Gasteiger partial charge in [-0.15, -0.1) is 0 Å². The van der Waals surface area contributed by atoms with Crippen LogP contribution >= 0.6 is 0 Å². The second kappa shape index (κ2) is 11.4. The molecular formula is C26H34N2O2+2. The molecule has 0 radical (unpaired) electrons. The van der Waals surface area contributed by atoms with Gasteiger partial charge in [-0.3, -0.25) is 0 Å². The van der Waals surface area contributed by atoms with Crippen LogP contribution in [-0.4, -0.2) is 34.3 Å². The van der Waals surface area contributed by atoms with Crippen LogP contribution in [0, 0.1) is 0 Å². The minimum atomic E-state index is 0.535. The van der Waals surface area contributed by atoms with Crippen molar-refractivity contribution in [2.75, 3.05) is 34.3 Å². The molecule has 0 saturated carbocycles. The van der Waals surface area contributed by atoms with E-state index in [1.54, 1.807) is 12.0 Å². The number of likely N-dealkylation sites (N-methyl/N-ethyl adjacent to an activating group) is 1. The van der Waals surface area contributed by atoms with E-state index in [2.05, 4.69) is 68.7 Å². The van der Waals surface area contributed by atoms with Crippen LogP contribution in [-0.2, 0) is 19.7 Å². The molecule has 4 nitrogen and oxygen atoms in total. The molecule has 0 aromatic heterocycles. The van der Waals surface area contributed by atoms with E-state index in [4.69, 9.17) is 9.47 Å². The number of nitrogens with one attached hydrogen (secondary N) is 2. The van der Waals surface area contributed by atoms with Gasteiger partial charge in [0.25, 0.3) is 0 Å². The highest BCUT2D eigenvalue weighted by molar-refractivity contribution is 5.43. The van der Waals surface area contributed by atoms with Gasteiger partial charge in [-0.25, -0.2) is 0 Å². The van der Waals surface area contributed by atoms with Crippen molar-refractivity contribution in [3.05, 3.63) is 95.6 Å². The summed E-state index contributed by atoms with van der Waals surface area (Å²) in [5.74, 6) is 1.58. The van der Waals surface area contributed by atoms with Crippen molar-refractivity contribution in [2.45, 2.75) is 19.7 Å². The number of benzene rings is 3. The first-order chi connectivity index (χ1) is 14.6. The SMILES string of the molecule is COc1cc(C[NH+](CC[NH+](C)C)Cc2ccccc2)ccc1OCc1ccccc1. The van der Waals surface area contributed by atoms with Crippen LogP contribution in [0.5, 0.6) is 11.5 Å². The zero-order valence-electron chi connectivity index (χ0n) is 18.4. The highest BCUT2D eigenvalue weighted by atomic mass is 16.5. The van der Waals surface area contributed by atoms with Crippen LogP contribution in [0.2, 0.25) is 0 Å². The van der Waals surface area contributed by atoms with E-state index in [1.165, 1.54) is 16.0 Å². The van der Waals surface area contributed by atoms with E-state index in [9.17, 15) is 0 Å². The van der Waals surface area contributed by atoms with Gasteiger partial charge in [0.15, 0.2) is 11.5 Å². The minimum absolute atomic E-state index is 0.535. The fourth-order valence-corrected chi connectivity index (χ4v) is 3.52. The van der Waals surface area contributed by atoms with Gasteiger partial charge >= 0.3 is 0 Å². The maximum Gasteiger partial charge on any atom is 0.161 e. The minimum Gasteiger partial charge on any atom is -0.493 e. The van der Waals surface area contributed by atoms with E-state index >= 15 is 0 Å². The van der Waals surface area contributed by atoms with Crippen LogP contribution < -0.4 is 19.3 Å². The third-order valence-electron chi connectivity index (χ3n) is 5.19. The van der Waals surface area contributed by atoms with Crippen molar-refractivity contribution < 1.29 is 19.3 Å². The molecule has 0 aliphatic rings. The summed E-state index contributed by atoms with van der Waals surface area (Å²) in [6, 6.07) is 27.3. The molecule has 4 heteroatoms. The lowest BCUT2D eigenvalue weighted by atomic mass is 10.1. The molecule has 0 fully saturated rings. The molecule has 158 valence electrons. The van der Waals surface area contributed by atoms with E-state index in [1.807, 2.05) is 24.3 Å². The fourth-order valence-electron chi connectivity index (χ4n) is 3.52. The highest BCUT2D eigenvalue weighted by Crippen LogP contribution is 2.28. The first-order valence-electron chi connectivity index (χ1n) is 10.6. The molecule has 1 unspecified atom stereocenters. The summed E-state index contributed by atoms with van der Waals surface area (Å²) in [5, 5.41) is 0. The van der Waals surface area contributed by atoms with Gasteiger partial charge in [0.05, 0.1) is 21.2 Å². The predicted molar refractivity (Wildman–Crippen MR) is 121 cm³/mol. The molecule has 30 heavy (non-hydrogen) atoms. The predicted octanol–water partition coefficient (Wildman–Crippen LogP) is 2.00. The number of rotatable bonds is 11. The van der Waals surface area contributed by atoms with Crippen molar-refractivity contribution in [2.24, 2.45) is 0 Å². The number of hydrogen-bond donors (Lipinski definition) is 2. The maximum atomic E-state index is 6.01. The Balaban J connectivity index is 1.68. The molecule has 2 N–H and O–H groups in total. The van der Waals surface area contributed by atoms with E-state index in [0.29, 0.717) is 6.61 Å². The van der Waals surface area contributed by atoms with Gasteiger partial charge in [0, 0.05) is 11.1 Å². The Labute approximate surface area is 180 Å². The Bertz CT molecular complexity index is 882. The van der Waals surface area contributed by atoms with Gasteiger partial charge in [-0.1, -0.05) is 60.7 Å². The molecule has 0 spiro atoms. The Kier molecular flexibility index (Phi) is 8.30. The van der Waals surface area contributed by atoms with Crippen LogP contribution in [0.3, 0.4) is 0 Å². The zero-order valence-corrected chi connectivity index (χ0v) is 18.4. The second-order valence-electron chi connectivity index (χ2n) is 8.06. The van der Waals surface area contributed by atoms with E-state index in [-0.39, 0.29) is 0 Å². The average Bonchev–Trinajstić information content (AvgIpc) is 2.78. The van der Waals surface area contributed by atoms with E-state index in [0.717, 1.165) is 43.2 Å². The Morgan fingerprint density at radius 1 is 0.667 bits per heavy atom. The summed E-state index contributed by atoms with van der Waals surface area (Å²) in [7, 11) is 6.13. The van der Waals surface area contributed by atoms with Crippen molar-refractivity contribution in [3.8, 4) is 11.5 Å². The Hall–Kier alpha value is -2.82. The zero-order chi connectivity index (χ0) is 21.2. The van der Waals surface area contributed by atoms with Gasteiger partial charge < -0.3 is 19.3 Å².